The fraction of sp³-hybridized carbons (Fsp3) is 0.600. The second-order valence-corrected chi connectivity index (χ2v) is 6.77. The topological polar surface area (TPSA) is 68.0 Å². The first-order valence-corrected chi connectivity index (χ1v) is 8.16. The van der Waals surface area contributed by atoms with Crippen LogP contribution in [0.4, 0.5) is 0 Å². The van der Waals surface area contributed by atoms with Crippen molar-refractivity contribution < 1.29 is 4.79 Å². The molecule has 1 aromatic rings. The lowest BCUT2D eigenvalue weighted by molar-refractivity contribution is -0.125. The van der Waals surface area contributed by atoms with Gasteiger partial charge in [-0.05, 0) is 50.8 Å². The summed E-state index contributed by atoms with van der Waals surface area (Å²) in [5.74, 6) is -0.203. The van der Waals surface area contributed by atoms with E-state index in [0.717, 1.165) is 38.6 Å². The Morgan fingerprint density at radius 2 is 2.30 bits per heavy atom. The molecular formula is C15H23N3OS. The van der Waals surface area contributed by atoms with Crippen molar-refractivity contribution in [2.45, 2.75) is 54.7 Å². The molecule has 0 saturated heterocycles. The fourth-order valence-electron chi connectivity index (χ4n) is 2.77. The molecule has 1 heterocycles. The predicted molar refractivity (Wildman–Crippen MR) is 82.6 cm³/mol. The molecule has 1 fully saturated rings. The Labute approximate surface area is 124 Å². The number of carbonyl (C=O) groups excluding carboxylic acids is 1. The minimum Gasteiger partial charge on any atom is -0.368 e. The second kappa shape index (κ2) is 7.09. The van der Waals surface area contributed by atoms with Gasteiger partial charge in [0.05, 0.1) is 5.54 Å². The van der Waals surface area contributed by atoms with Gasteiger partial charge in [-0.3, -0.25) is 9.78 Å². The summed E-state index contributed by atoms with van der Waals surface area (Å²) in [5, 5.41) is 3.83. The molecule has 1 aromatic heterocycles. The molecule has 1 aliphatic carbocycles. The zero-order valence-corrected chi connectivity index (χ0v) is 12.8. The van der Waals surface area contributed by atoms with Crippen molar-refractivity contribution in [1.82, 2.24) is 10.3 Å². The van der Waals surface area contributed by atoms with Crippen LogP contribution >= 0.6 is 11.8 Å². The minimum absolute atomic E-state index is 0.203. The number of carbonyl (C=O) groups is 1. The third-order valence-corrected chi connectivity index (χ3v) is 5.12. The Morgan fingerprint density at radius 3 is 2.95 bits per heavy atom. The Morgan fingerprint density at radius 1 is 1.55 bits per heavy atom. The van der Waals surface area contributed by atoms with E-state index in [-0.39, 0.29) is 5.91 Å². The molecule has 1 saturated carbocycles. The molecule has 20 heavy (non-hydrogen) atoms. The number of nitrogens with two attached hydrogens (primary N) is 1. The van der Waals surface area contributed by atoms with Crippen LogP contribution in [-0.2, 0) is 4.79 Å². The Kier molecular flexibility index (Phi) is 5.43. The number of amides is 1. The van der Waals surface area contributed by atoms with Gasteiger partial charge in [0.15, 0.2) is 0 Å². The molecule has 0 aliphatic heterocycles. The molecule has 2 rings (SSSR count). The minimum atomic E-state index is -0.515. The Hall–Kier alpha value is -1.07. The highest BCUT2D eigenvalue weighted by Crippen LogP contribution is 2.38. The molecule has 0 radical (unpaired) electrons. The number of thioether (sulfide) groups is 1. The Balaban J connectivity index is 2.04. The summed E-state index contributed by atoms with van der Waals surface area (Å²) in [6.07, 6.45) is 8.48. The number of hydrogen-bond donors (Lipinski definition) is 2. The number of rotatable bonds is 6. The van der Waals surface area contributed by atoms with Crippen LogP contribution in [0, 0.1) is 0 Å². The Bertz CT molecular complexity index is 440. The van der Waals surface area contributed by atoms with E-state index in [0.29, 0.717) is 5.25 Å². The molecule has 0 bridgehead atoms. The summed E-state index contributed by atoms with van der Waals surface area (Å²) in [7, 11) is 0. The number of nitrogens with one attached hydrogen (secondary N) is 1. The quantitative estimate of drug-likeness (QED) is 0.845. The summed E-state index contributed by atoms with van der Waals surface area (Å²) in [5.41, 5.74) is 5.16. The third kappa shape index (κ3) is 3.73. The maximum atomic E-state index is 11.9. The monoisotopic (exact) mass is 293 g/mol. The van der Waals surface area contributed by atoms with Crippen molar-refractivity contribution in [3.63, 3.8) is 0 Å². The van der Waals surface area contributed by atoms with Crippen molar-refractivity contribution in [3.05, 3.63) is 24.5 Å². The van der Waals surface area contributed by atoms with Gasteiger partial charge in [-0.15, -0.1) is 11.8 Å². The zero-order valence-electron chi connectivity index (χ0n) is 12.0. The van der Waals surface area contributed by atoms with Crippen molar-refractivity contribution in [3.8, 4) is 0 Å². The van der Waals surface area contributed by atoms with E-state index in [4.69, 9.17) is 5.73 Å². The van der Waals surface area contributed by atoms with Gasteiger partial charge < -0.3 is 11.1 Å². The largest absolute Gasteiger partial charge is 0.368 e. The van der Waals surface area contributed by atoms with Gasteiger partial charge in [0.2, 0.25) is 5.91 Å². The molecule has 2 unspecified atom stereocenters. The van der Waals surface area contributed by atoms with E-state index in [1.807, 2.05) is 36.3 Å². The number of pyridine rings is 1. The van der Waals surface area contributed by atoms with E-state index in [1.165, 1.54) is 4.90 Å². The highest BCUT2D eigenvalue weighted by molar-refractivity contribution is 8.00. The van der Waals surface area contributed by atoms with Gasteiger partial charge in [-0.2, -0.15) is 0 Å². The van der Waals surface area contributed by atoms with Crippen LogP contribution in [0.1, 0.15) is 39.0 Å². The maximum Gasteiger partial charge on any atom is 0.237 e. The van der Waals surface area contributed by atoms with Gasteiger partial charge >= 0.3 is 0 Å². The third-order valence-electron chi connectivity index (χ3n) is 3.84. The highest BCUT2D eigenvalue weighted by Gasteiger charge is 2.41. The number of hydrogen-bond acceptors (Lipinski definition) is 4. The van der Waals surface area contributed by atoms with Crippen LogP contribution in [0.25, 0.3) is 0 Å². The first-order chi connectivity index (χ1) is 9.66. The van der Waals surface area contributed by atoms with Crippen LogP contribution in [0.2, 0.25) is 0 Å². The molecule has 3 N–H and O–H groups in total. The smallest absolute Gasteiger partial charge is 0.237 e. The van der Waals surface area contributed by atoms with Crippen LogP contribution < -0.4 is 11.1 Å². The SMILES string of the molecule is CCCNC1(C(N)=O)CCCC(Sc2ccncc2)C1. The summed E-state index contributed by atoms with van der Waals surface area (Å²) in [4.78, 5) is 17.2. The molecule has 0 spiro atoms. The predicted octanol–water partition coefficient (Wildman–Crippen LogP) is 2.34. The van der Waals surface area contributed by atoms with E-state index in [2.05, 4.69) is 17.2 Å². The lowest BCUT2D eigenvalue weighted by Crippen LogP contribution is -2.58. The lowest BCUT2D eigenvalue weighted by Gasteiger charge is -2.39. The van der Waals surface area contributed by atoms with Crippen LogP contribution in [-0.4, -0.2) is 28.2 Å². The first kappa shape index (κ1) is 15.3. The van der Waals surface area contributed by atoms with Crippen molar-refractivity contribution in [2.75, 3.05) is 6.54 Å². The summed E-state index contributed by atoms with van der Waals surface area (Å²) in [6.45, 7) is 2.95. The lowest BCUT2D eigenvalue weighted by atomic mass is 9.80. The van der Waals surface area contributed by atoms with Crippen molar-refractivity contribution >= 4 is 17.7 Å². The number of nitrogens with zero attached hydrogens (tertiary/aromatic N) is 1. The average Bonchev–Trinajstić information content (AvgIpc) is 2.46. The second-order valence-electron chi connectivity index (χ2n) is 5.39. The number of aromatic nitrogens is 1. The first-order valence-electron chi connectivity index (χ1n) is 7.28. The standard InChI is InChI=1S/C15H23N3OS/c1-2-8-18-15(14(16)19)7-3-4-13(11-15)20-12-5-9-17-10-6-12/h5-6,9-10,13,18H,2-4,7-8,11H2,1H3,(H2,16,19). The summed E-state index contributed by atoms with van der Waals surface area (Å²) >= 11 is 1.83. The normalized spacial score (nSPS) is 26.4. The summed E-state index contributed by atoms with van der Waals surface area (Å²) < 4.78 is 0. The molecular weight excluding hydrogens is 270 g/mol. The maximum absolute atomic E-state index is 11.9. The molecule has 110 valence electrons. The molecule has 5 heteroatoms. The van der Waals surface area contributed by atoms with Crippen LogP contribution in [0.5, 0.6) is 0 Å². The van der Waals surface area contributed by atoms with Crippen LogP contribution in [0.15, 0.2) is 29.4 Å². The van der Waals surface area contributed by atoms with Gasteiger partial charge in [0.1, 0.15) is 0 Å². The highest BCUT2D eigenvalue weighted by atomic mass is 32.2. The molecule has 4 nitrogen and oxygen atoms in total. The van der Waals surface area contributed by atoms with E-state index >= 15 is 0 Å². The van der Waals surface area contributed by atoms with Gasteiger partial charge in [-0.1, -0.05) is 6.92 Å². The molecule has 1 aliphatic rings. The van der Waals surface area contributed by atoms with Crippen LogP contribution in [0.3, 0.4) is 0 Å². The van der Waals surface area contributed by atoms with Gasteiger partial charge in [-0.25, -0.2) is 0 Å². The van der Waals surface area contributed by atoms with E-state index < -0.39 is 5.54 Å². The van der Waals surface area contributed by atoms with Gasteiger partial charge in [0.25, 0.3) is 0 Å². The van der Waals surface area contributed by atoms with Crippen molar-refractivity contribution in [1.29, 1.82) is 0 Å². The van der Waals surface area contributed by atoms with E-state index in [1.54, 1.807) is 0 Å². The fourth-order valence-corrected chi connectivity index (χ4v) is 4.09. The average molecular weight is 293 g/mol. The van der Waals surface area contributed by atoms with Gasteiger partial charge in [0, 0.05) is 22.5 Å². The van der Waals surface area contributed by atoms with E-state index in [9.17, 15) is 4.79 Å². The molecule has 0 aromatic carbocycles. The van der Waals surface area contributed by atoms with Crippen molar-refractivity contribution in [2.24, 2.45) is 5.73 Å². The summed E-state index contributed by atoms with van der Waals surface area (Å²) in [6, 6.07) is 4.04. The molecule has 1 amide bonds. The zero-order chi connectivity index (χ0) is 14.4. The molecule has 2 atom stereocenters. The number of primary amides is 1.